The van der Waals surface area contributed by atoms with Crippen molar-refractivity contribution in [3.05, 3.63) is 65.4 Å². The minimum absolute atomic E-state index is 0.484. The van der Waals surface area contributed by atoms with Gasteiger partial charge in [-0.25, -0.2) is 0 Å². The van der Waals surface area contributed by atoms with Gasteiger partial charge in [0.05, 0.1) is 11.6 Å². The van der Waals surface area contributed by atoms with Crippen molar-refractivity contribution in [2.75, 3.05) is 12.4 Å². The number of rotatable bonds is 8. The molecule has 0 bridgehead atoms. The second-order valence-electron chi connectivity index (χ2n) is 5.21. The van der Waals surface area contributed by atoms with E-state index in [-0.39, 0.29) is 0 Å². The van der Waals surface area contributed by atoms with Crippen LogP contribution >= 0.6 is 35.0 Å². The van der Waals surface area contributed by atoms with Gasteiger partial charge in [0.25, 0.3) is 0 Å². The monoisotopic (exact) mass is 406 g/mol. The van der Waals surface area contributed by atoms with E-state index in [1.165, 1.54) is 0 Å². The predicted octanol–water partition coefficient (Wildman–Crippen LogP) is 5.00. The summed E-state index contributed by atoms with van der Waals surface area (Å²) in [6, 6.07) is 8.98. The standard InChI is InChI=1S/C18H16Cl2N4OS/c1-2-9-24-17(13-5-7-21-8-6-13)22-23-18(24)26-11-10-25-16-4-3-14(19)12-15(16)20/h2-8,12H,1,9-11H2. The zero-order chi connectivity index (χ0) is 18.4. The van der Waals surface area contributed by atoms with E-state index in [1.807, 2.05) is 22.8 Å². The smallest absolute Gasteiger partial charge is 0.191 e. The van der Waals surface area contributed by atoms with Crippen LogP contribution in [0.1, 0.15) is 0 Å². The van der Waals surface area contributed by atoms with Gasteiger partial charge in [-0.2, -0.15) is 0 Å². The molecule has 0 aliphatic carbocycles. The molecule has 0 radical (unpaired) electrons. The van der Waals surface area contributed by atoms with E-state index in [2.05, 4.69) is 21.8 Å². The number of thioether (sulfide) groups is 1. The summed E-state index contributed by atoms with van der Waals surface area (Å²) >= 11 is 13.6. The van der Waals surface area contributed by atoms with Crippen molar-refractivity contribution < 1.29 is 4.74 Å². The van der Waals surface area contributed by atoms with Crippen molar-refractivity contribution in [1.29, 1.82) is 0 Å². The summed E-state index contributed by atoms with van der Waals surface area (Å²) in [6.07, 6.45) is 5.29. The van der Waals surface area contributed by atoms with Crippen molar-refractivity contribution in [3.8, 4) is 17.1 Å². The molecular weight excluding hydrogens is 391 g/mol. The first kappa shape index (κ1) is 18.8. The summed E-state index contributed by atoms with van der Waals surface area (Å²) in [4.78, 5) is 4.04. The van der Waals surface area contributed by atoms with Crippen LogP contribution in [0.4, 0.5) is 0 Å². The third kappa shape index (κ3) is 4.58. The first-order chi connectivity index (χ1) is 12.7. The molecule has 0 saturated heterocycles. The molecule has 0 N–H and O–H groups in total. The maximum Gasteiger partial charge on any atom is 0.191 e. The second kappa shape index (κ2) is 9.07. The lowest BCUT2D eigenvalue weighted by atomic mass is 10.2. The molecule has 0 amide bonds. The summed E-state index contributed by atoms with van der Waals surface area (Å²) in [5.74, 6) is 2.10. The second-order valence-corrected chi connectivity index (χ2v) is 7.12. The molecule has 3 aromatic rings. The molecule has 0 spiro atoms. The molecule has 0 aliphatic heterocycles. The first-order valence-corrected chi connectivity index (χ1v) is 9.58. The van der Waals surface area contributed by atoms with Gasteiger partial charge in [-0.05, 0) is 30.3 Å². The van der Waals surface area contributed by atoms with Gasteiger partial charge in [0.2, 0.25) is 0 Å². The fourth-order valence-electron chi connectivity index (χ4n) is 2.28. The van der Waals surface area contributed by atoms with Crippen LogP contribution in [0.3, 0.4) is 0 Å². The predicted molar refractivity (Wildman–Crippen MR) is 106 cm³/mol. The van der Waals surface area contributed by atoms with Gasteiger partial charge in [0.15, 0.2) is 11.0 Å². The Morgan fingerprint density at radius 3 is 2.69 bits per heavy atom. The Balaban J connectivity index is 1.64. The lowest BCUT2D eigenvalue weighted by Gasteiger charge is -2.09. The number of aromatic nitrogens is 4. The highest BCUT2D eigenvalue weighted by atomic mass is 35.5. The molecule has 0 saturated carbocycles. The van der Waals surface area contributed by atoms with Gasteiger partial charge < -0.3 is 4.74 Å². The van der Waals surface area contributed by atoms with Gasteiger partial charge >= 0.3 is 0 Å². The van der Waals surface area contributed by atoms with Crippen molar-refractivity contribution in [2.45, 2.75) is 11.7 Å². The summed E-state index contributed by atoms with van der Waals surface area (Å²) in [5, 5.41) is 10.5. The van der Waals surface area contributed by atoms with Gasteiger partial charge in [0, 0.05) is 35.3 Å². The van der Waals surface area contributed by atoms with Crippen LogP contribution in [0.2, 0.25) is 10.0 Å². The Labute approximate surface area is 166 Å². The average Bonchev–Trinajstić information content (AvgIpc) is 3.04. The van der Waals surface area contributed by atoms with Crippen LogP contribution in [-0.2, 0) is 6.54 Å². The van der Waals surface area contributed by atoms with Gasteiger partial charge in [-0.3, -0.25) is 9.55 Å². The summed E-state index contributed by atoms with van der Waals surface area (Å²) in [6.45, 7) is 4.92. The molecular formula is C18H16Cl2N4OS. The number of hydrogen-bond acceptors (Lipinski definition) is 5. The van der Waals surface area contributed by atoms with Crippen LogP contribution in [0.15, 0.2) is 60.5 Å². The number of nitrogens with zero attached hydrogens (tertiary/aromatic N) is 4. The third-order valence-electron chi connectivity index (χ3n) is 3.43. The minimum atomic E-state index is 0.484. The third-order valence-corrected chi connectivity index (χ3v) is 4.89. The quantitative estimate of drug-likeness (QED) is 0.299. The molecule has 134 valence electrons. The zero-order valence-corrected chi connectivity index (χ0v) is 16.1. The normalized spacial score (nSPS) is 10.7. The molecule has 0 unspecified atom stereocenters. The van der Waals surface area contributed by atoms with E-state index < -0.39 is 0 Å². The SMILES string of the molecule is C=CCn1c(SCCOc2ccc(Cl)cc2Cl)nnc1-c1ccncc1. The number of ether oxygens (including phenoxy) is 1. The first-order valence-electron chi connectivity index (χ1n) is 7.84. The lowest BCUT2D eigenvalue weighted by Crippen LogP contribution is -2.04. The van der Waals surface area contributed by atoms with E-state index in [0.717, 1.165) is 16.5 Å². The van der Waals surface area contributed by atoms with Crippen molar-refractivity contribution in [2.24, 2.45) is 0 Å². The molecule has 5 nitrogen and oxygen atoms in total. The highest BCUT2D eigenvalue weighted by molar-refractivity contribution is 7.99. The molecule has 0 atom stereocenters. The van der Waals surface area contributed by atoms with Crippen molar-refractivity contribution >= 4 is 35.0 Å². The van der Waals surface area contributed by atoms with Crippen molar-refractivity contribution in [1.82, 2.24) is 19.7 Å². The Morgan fingerprint density at radius 1 is 1.15 bits per heavy atom. The summed E-state index contributed by atoms with van der Waals surface area (Å²) in [7, 11) is 0. The van der Waals surface area contributed by atoms with Gasteiger partial charge in [0.1, 0.15) is 5.75 Å². The van der Waals surface area contributed by atoms with Crippen molar-refractivity contribution in [3.63, 3.8) is 0 Å². The number of pyridine rings is 1. The van der Waals surface area contributed by atoms with E-state index in [4.69, 9.17) is 27.9 Å². The molecule has 3 rings (SSSR count). The molecule has 1 aromatic carbocycles. The molecule has 2 heterocycles. The minimum Gasteiger partial charge on any atom is -0.491 e. The maximum absolute atomic E-state index is 6.10. The lowest BCUT2D eigenvalue weighted by molar-refractivity contribution is 0.344. The van der Waals surface area contributed by atoms with E-state index in [1.54, 1.807) is 42.4 Å². The Morgan fingerprint density at radius 2 is 1.96 bits per heavy atom. The Hall–Kier alpha value is -2.02. The maximum atomic E-state index is 6.10. The fourth-order valence-corrected chi connectivity index (χ4v) is 3.51. The fraction of sp³-hybridized carbons (Fsp3) is 0.167. The van der Waals surface area contributed by atoms with E-state index in [9.17, 15) is 0 Å². The largest absolute Gasteiger partial charge is 0.491 e. The number of benzene rings is 1. The highest BCUT2D eigenvalue weighted by Crippen LogP contribution is 2.28. The molecule has 2 aromatic heterocycles. The number of halogens is 2. The zero-order valence-electron chi connectivity index (χ0n) is 13.8. The average molecular weight is 407 g/mol. The van der Waals surface area contributed by atoms with E-state index >= 15 is 0 Å². The topological polar surface area (TPSA) is 52.8 Å². The van der Waals surface area contributed by atoms with Crippen LogP contribution in [0, 0.1) is 0 Å². The van der Waals surface area contributed by atoms with Crippen LogP contribution in [0.25, 0.3) is 11.4 Å². The molecule has 0 aliphatic rings. The van der Waals surface area contributed by atoms with Gasteiger partial charge in [-0.1, -0.05) is 41.0 Å². The molecule has 8 heteroatoms. The Kier molecular flexibility index (Phi) is 6.55. The Bertz CT molecular complexity index is 886. The summed E-state index contributed by atoms with van der Waals surface area (Å²) < 4.78 is 7.72. The molecule has 26 heavy (non-hydrogen) atoms. The van der Waals surface area contributed by atoms with Crippen LogP contribution in [0.5, 0.6) is 5.75 Å². The van der Waals surface area contributed by atoms with Crippen LogP contribution in [-0.4, -0.2) is 32.1 Å². The van der Waals surface area contributed by atoms with Crippen LogP contribution < -0.4 is 4.74 Å². The highest BCUT2D eigenvalue weighted by Gasteiger charge is 2.13. The van der Waals surface area contributed by atoms with E-state index in [0.29, 0.717) is 34.7 Å². The summed E-state index contributed by atoms with van der Waals surface area (Å²) in [5.41, 5.74) is 0.963. The number of allylic oxidation sites excluding steroid dienone is 1. The molecule has 0 fully saturated rings. The number of hydrogen-bond donors (Lipinski definition) is 0. The van der Waals surface area contributed by atoms with Gasteiger partial charge in [-0.15, -0.1) is 16.8 Å².